The van der Waals surface area contributed by atoms with Crippen LogP contribution in [0, 0.1) is 0 Å². The first kappa shape index (κ1) is 24.5. The number of Topliss-reactive ketones (excluding diaryl/α,β-unsaturated/α-hetero) is 1. The van der Waals surface area contributed by atoms with Crippen molar-refractivity contribution in [3.63, 3.8) is 0 Å². The van der Waals surface area contributed by atoms with E-state index >= 15 is 0 Å². The second-order valence-electron chi connectivity index (χ2n) is 7.68. The molecule has 4 rings (SSSR count). The van der Waals surface area contributed by atoms with Gasteiger partial charge >= 0.3 is 17.9 Å². The monoisotopic (exact) mass is 505 g/mol. The van der Waals surface area contributed by atoms with E-state index in [-0.39, 0.29) is 11.3 Å². The van der Waals surface area contributed by atoms with Gasteiger partial charge < -0.3 is 20.5 Å². The van der Waals surface area contributed by atoms with Crippen molar-refractivity contribution in [2.45, 2.75) is 5.66 Å². The van der Waals surface area contributed by atoms with Gasteiger partial charge in [0.2, 0.25) is 0 Å². The van der Waals surface area contributed by atoms with Crippen LogP contribution in [0.1, 0.15) is 5.56 Å². The smallest absolute Gasteiger partial charge is 0.358 e. The summed E-state index contributed by atoms with van der Waals surface area (Å²) in [5, 5.41) is 16.5. The summed E-state index contributed by atoms with van der Waals surface area (Å²) in [6.45, 7) is 0. The third kappa shape index (κ3) is 4.27. The highest BCUT2D eigenvalue weighted by Crippen LogP contribution is 2.40. The summed E-state index contributed by atoms with van der Waals surface area (Å²) in [6.07, 6.45) is 0. The molecule has 1 atom stereocenters. The number of ether oxygens (including phenoxy) is 1. The van der Waals surface area contributed by atoms with E-state index in [9.17, 15) is 24.3 Å². The minimum Gasteiger partial charge on any atom is -0.507 e. The molecule has 1 fully saturated rings. The lowest BCUT2D eigenvalue weighted by Gasteiger charge is -2.36. The second-order valence-corrected chi connectivity index (χ2v) is 8.12. The van der Waals surface area contributed by atoms with Crippen LogP contribution in [0.15, 0.2) is 90.5 Å². The van der Waals surface area contributed by atoms with E-state index in [0.29, 0.717) is 10.7 Å². The number of nitrogens with zero attached hydrogens (tertiary/aromatic N) is 1. The Morgan fingerprint density at radius 1 is 0.917 bits per heavy atom. The van der Waals surface area contributed by atoms with Crippen LogP contribution in [-0.2, 0) is 19.1 Å². The maximum absolute atomic E-state index is 13.4. The van der Waals surface area contributed by atoms with Gasteiger partial charge in [-0.25, -0.2) is 9.59 Å². The van der Waals surface area contributed by atoms with E-state index in [0.717, 1.165) is 12.0 Å². The number of amides is 3. The van der Waals surface area contributed by atoms with E-state index in [1.165, 1.54) is 36.4 Å². The molecule has 9 nitrogen and oxygen atoms in total. The van der Waals surface area contributed by atoms with Crippen LogP contribution in [0.3, 0.4) is 0 Å². The lowest BCUT2D eigenvalue weighted by atomic mass is 9.94. The molecule has 3 N–H and O–H groups in total. The third-order valence-electron chi connectivity index (χ3n) is 5.50. The summed E-state index contributed by atoms with van der Waals surface area (Å²) < 4.78 is 4.98. The van der Waals surface area contributed by atoms with Crippen molar-refractivity contribution in [3.05, 3.63) is 101 Å². The third-order valence-corrected chi connectivity index (χ3v) is 5.75. The van der Waals surface area contributed by atoms with Crippen LogP contribution in [0.4, 0.5) is 16.2 Å². The van der Waals surface area contributed by atoms with Gasteiger partial charge in [-0.2, -0.15) is 0 Å². The minimum atomic E-state index is -2.55. The van der Waals surface area contributed by atoms with Crippen molar-refractivity contribution in [2.24, 2.45) is 0 Å². The number of carbonyl (C=O) groups is 4. The highest BCUT2D eigenvalue weighted by atomic mass is 35.5. The summed E-state index contributed by atoms with van der Waals surface area (Å²) in [7, 11) is 1.03. The minimum absolute atomic E-state index is 0.0547. The summed E-state index contributed by atoms with van der Waals surface area (Å²) >= 11 is 5.99. The predicted octanol–water partition coefficient (Wildman–Crippen LogP) is 3.92. The number of aliphatic hydroxyl groups excluding tert-OH is 1. The zero-order valence-corrected chi connectivity index (χ0v) is 19.7. The van der Waals surface area contributed by atoms with Crippen molar-refractivity contribution in [1.82, 2.24) is 5.32 Å². The second kappa shape index (κ2) is 9.93. The number of nitrogens with one attached hydrogen (secondary N) is 2. The molecule has 3 aromatic carbocycles. The molecule has 10 heteroatoms. The largest absolute Gasteiger partial charge is 0.507 e. The molecule has 1 unspecified atom stereocenters. The molecule has 0 radical (unpaired) electrons. The Balaban J connectivity index is 1.95. The van der Waals surface area contributed by atoms with E-state index in [2.05, 4.69) is 10.6 Å². The number of ketones is 1. The van der Waals surface area contributed by atoms with Gasteiger partial charge in [0.15, 0.2) is 0 Å². The van der Waals surface area contributed by atoms with Gasteiger partial charge in [0.25, 0.3) is 11.4 Å². The Bertz CT molecular complexity index is 1360. The fourth-order valence-corrected chi connectivity index (χ4v) is 4.04. The van der Waals surface area contributed by atoms with E-state index in [4.69, 9.17) is 16.3 Å². The number of para-hydroxylation sites is 1. The molecule has 0 aromatic heterocycles. The zero-order valence-electron chi connectivity index (χ0n) is 18.9. The maximum atomic E-state index is 13.4. The topological polar surface area (TPSA) is 125 Å². The highest BCUT2D eigenvalue weighted by molar-refractivity contribution is 6.54. The average Bonchev–Trinajstić information content (AvgIpc) is 3.11. The van der Waals surface area contributed by atoms with Crippen molar-refractivity contribution < 1.29 is 29.0 Å². The first-order valence-corrected chi connectivity index (χ1v) is 11.0. The lowest BCUT2D eigenvalue weighted by Crippen LogP contribution is -2.66. The van der Waals surface area contributed by atoms with Gasteiger partial charge in [0.1, 0.15) is 11.3 Å². The van der Waals surface area contributed by atoms with Crippen molar-refractivity contribution >= 4 is 52.4 Å². The van der Waals surface area contributed by atoms with Gasteiger partial charge in [-0.1, -0.05) is 60.1 Å². The molecule has 1 aliphatic rings. The maximum Gasteiger partial charge on any atom is 0.358 e. The molecular weight excluding hydrogens is 486 g/mol. The number of methoxy groups -OCH3 is 1. The fraction of sp³-hybridized carbons (Fsp3) is 0.0769. The summed E-state index contributed by atoms with van der Waals surface area (Å²) in [4.78, 5) is 54.0. The van der Waals surface area contributed by atoms with Crippen LogP contribution in [0.2, 0.25) is 5.02 Å². The van der Waals surface area contributed by atoms with Crippen LogP contribution in [0.5, 0.6) is 0 Å². The van der Waals surface area contributed by atoms with Gasteiger partial charge in [-0.3, -0.25) is 14.5 Å². The Morgan fingerprint density at radius 2 is 1.50 bits per heavy atom. The van der Waals surface area contributed by atoms with Gasteiger partial charge in [-0.15, -0.1) is 0 Å². The van der Waals surface area contributed by atoms with Gasteiger partial charge in [0, 0.05) is 22.0 Å². The number of carbonyl (C=O) groups excluding carboxylic acids is 4. The van der Waals surface area contributed by atoms with Crippen LogP contribution >= 0.6 is 11.6 Å². The molecule has 1 heterocycles. The quantitative estimate of drug-likeness (QED) is 0.209. The average molecular weight is 506 g/mol. The molecule has 0 spiro atoms. The SMILES string of the molecule is COC(=O)C1(NC(=O)Nc2ccccc2)/C(=C(\O)c2ccccc2)C(=O)C(=O)N1c1ccc(Cl)cc1. The molecule has 182 valence electrons. The van der Waals surface area contributed by atoms with Crippen LogP contribution in [0.25, 0.3) is 5.76 Å². The van der Waals surface area contributed by atoms with Gasteiger partial charge in [0.05, 0.1) is 7.11 Å². The normalized spacial score (nSPS) is 18.6. The Hall–Kier alpha value is -4.63. The number of hydrogen-bond donors (Lipinski definition) is 3. The van der Waals surface area contributed by atoms with E-state index < -0.39 is 40.7 Å². The molecule has 3 amide bonds. The number of urea groups is 1. The number of hydrogen-bond acceptors (Lipinski definition) is 6. The van der Waals surface area contributed by atoms with Crippen LogP contribution < -0.4 is 15.5 Å². The number of aliphatic hydroxyl groups is 1. The number of anilines is 2. The molecule has 3 aromatic rings. The highest BCUT2D eigenvalue weighted by Gasteiger charge is 2.64. The van der Waals surface area contributed by atoms with Crippen molar-refractivity contribution in [2.75, 3.05) is 17.3 Å². The lowest BCUT2D eigenvalue weighted by molar-refractivity contribution is -0.146. The molecule has 1 saturated heterocycles. The number of rotatable bonds is 5. The predicted molar refractivity (Wildman–Crippen MR) is 133 cm³/mol. The molecule has 0 saturated carbocycles. The molecule has 1 aliphatic heterocycles. The first-order chi connectivity index (χ1) is 17.3. The standard InChI is InChI=1S/C26H20ClN3O6/c1-36-24(34)26(29-25(35)28-18-10-6-3-7-11-18)20(21(31)16-8-4-2-5-9-16)22(32)23(33)30(26)19-14-12-17(27)13-15-19/h2-15,31H,1H3,(H2,28,29,35)/b21-20-. The van der Waals surface area contributed by atoms with E-state index in [1.54, 1.807) is 48.5 Å². The Morgan fingerprint density at radius 3 is 2.08 bits per heavy atom. The summed E-state index contributed by atoms with van der Waals surface area (Å²) in [5.41, 5.74) is -2.63. The Labute approximate surface area is 210 Å². The molecule has 0 bridgehead atoms. The Kier molecular flexibility index (Phi) is 6.75. The summed E-state index contributed by atoms with van der Waals surface area (Å²) in [6, 6.07) is 20.9. The zero-order chi connectivity index (χ0) is 25.9. The number of benzene rings is 3. The molecule has 0 aliphatic carbocycles. The van der Waals surface area contributed by atoms with E-state index in [1.807, 2.05) is 0 Å². The molecule has 36 heavy (non-hydrogen) atoms. The van der Waals surface area contributed by atoms with Crippen LogP contribution in [-0.4, -0.2) is 41.6 Å². The fourth-order valence-electron chi connectivity index (χ4n) is 3.92. The first-order valence-electron chi connectivity index (χ1n) is 10.7. The van der Waals surface area contributed by atoms with Crippen molar-refractivity contribution in [1.29, 1.82) is 0 Å². The number of halogens is 1. The number of esters is 1. The van der Waals surface area contributed by atoms with Crippen molar-refractivity contribution in [3.8, 4) is 0 Å². The molecular formula is C26H20ClN3O6. The van der Waals surface area contributed by atoms with Gasteiger partial charge in [-0.05, 0) is 36.4 Å². The summed E-state index contributed by atoms with van der Waals surface area (Å²) in [5.74, 6) is -4.22.